The van der Waals surface area contributed by atoms with E-state index in [2.05, 4.69) is 10.3 Å². The first-order valence-corrected chi connectivity index (χ1v) is 6.04. The van der Waals surface area contributed by atoms with Gasteiger partial charge in [0.05, 0.1) is 10.7 Å². The Bertz CT molecular complexity index is 311. The average molecular weight is 227 g/mol. The number of nitrogens with zero attached hydrogens (tertiary/aromatic N) is 1. The highest BCUT2D eigenvalue weighted by Gasteiger charge is 2.04. The van der Waals surface area contributed by atoms with Crippen LogP contribution in [0.3, 0.4) is 0 Å². The van der Waals surface area contributed by atoms with Crippen LogP contribution in [0.5, 0.6) is 0 Å². The number of thiazole rings is 1. The van der Waals surface area contributed by atoms with Crippen molar-refractivity contribution in [1.82, 2.24) is 10.3 Å². The van der Waals surface area contributed by atoms with Crippen LogP contribution in [-0.4, -0.2) is 24.0 Å². The fourth-order valence-corrected chi connectivity index (χ4v) is 2.08. The molecule has 0 saturated carbocycles. The van der Waals surface area contributed by atoms with Crippen LogP contribution >= 0.6 is 11.3 Å². The first-order chi connectivity index (χ1) is 7.26. The Balaban J connectivity index is 2.34. The van der Waals surface area contributed by atoms with Gasteiger partial charge in [0.15, 0.2) is 0 Å². The summed E-state index contributed by atoms with van der Waals surface area (Å²) in [6.07, 6.45) is 2.05. The number of rotatable bonds is 6. The van der Waals surface area contributed by atoms with E-state index < -0.39 is 0 Å². The smallest absolute Gasteiger partial charge is 0.220 e. The van der Waals surface area contributed by atoms with Crippen LogP contribution in [0, 0.1) is 0 Å². The summed E-state index contributed by atoms with van der Waals surface area (Å²) in [5.74, 6) is 0.0888. The lowest BCUT2D eigenvalue weighted by atomic mass is 10.2. The van der Waals surface area contributed by atoms with Gasteiger partial charge in [-0.25, -0.2) is 4.98 Å². The molecule has 0 saturated heterocycles. The highest BCUT2D eigenvalue weighted by molar-refractivity contribution is 7.09. The Labute approximate surface area is 93.9 Å². The van der Waals surface area contributed by atoms with Crippen molar-refractivity contribution < 1.29 is 4.79 Å². The number of aromatic nitrogens is 1. The number of amides is 1. The molecule has 4 nitrogen and oxygen atoms in total. The number of hydrogen-bond acceptors (Lipinski definition) is 4. The molecule has 1 rings (SSSR count). The number of nitrogens with two attached hydrogens (primary N) is 1. The molecule has 0 radical (unpaired) electrons. The molecule has 0 aliphatic carbocycles. The molecular weight excluding hydrogens is 210 g/mol. The second kappa shape index (κ2) is 6.53. The summed E-state index contributed by atoms with van der Waals surface area (Å²) < 4.78 is 0. The quantitative estimate of drug-likeness (QED) is 0.752. The minimum Gasteiger partial charge on any atom is -0.356 e. The fourth-order valence-electron chi connectivity index (χ4n) is 1.23. The number of hydrogen-bond donors (Lipinski definition) is 2. The van der Waals surface area contributed by atoms with E-state index in [-0.39, 0.29) is 5.91 Å². The van der Waals surface area contributed by atoms with Gasteiger partial charge < -0.3 is 11.1 Å². The topological polar surface area (TPSA) is 68.0 Å². The third-order valence-corrected chi connectivity index (χ3v) is 2.90. The number of carbonyl (C=O) groups excluding carboxylic acids is 1. The molecule has 1 amide bonds. The second-order valence-electron chi connectivity index (χ2n) is 3.22. The predicted octanol–water partition coefficient (Wildman–Crippen LogP) is 0.713. The van der Waals surface area contributed by atoms with E-state index >= 15 is 0 Å². The van der Waals surface area contributed by atoms with E-state index in [1.54, 1.807) is 11.3 Å². The summed E-state index contributed by atoms with van der Waals surface area (Å²) in [4.78, 5) is 15.6. The van der Waals surface area contributed by atoms with Crippen molar-refractivity contribution in [2.75, 3.05) is 13.1 Å². The standard InChI is InChI=1S/C10H17N3OS/c1-2-12-9(14)4-3-8-7-15-10(13-8)5-6-11/h7H,2-6,11H2,1H3,(H,12,14). The average Bonchev–Trinajstić information content (AvgIpc) is 2.64. The zero-order valence-electron chi connectivity index (χ0n) is 8.95. The van der Waals surface area contributed by atoms with Crippen LogP contribution in [0.4, 0.5) is 0 Å². The van der Waals surface area contributed by atoms with Gasteiger partial charge in [0.1, 0.15) is 0 Å². The van der Waals surface area contributed by atoms with Crippen LogP contribution in [0.2, 0.25) is 0 Å². The molecule has 0 bridgehead atoms. The molecule has 1 aromatic rings. The summed E-state index contributed by atoms with van der Waals surface area (Å²) in [7, 11) is 0. The predicted molar refractivity (Wildman–Crippen MR) is 61.9 cm³/mol. The van der Waals surface area contributed by atoms with E-state index in [0.717, 1.165) is 17.1 Å². The molecule has 3 N–H and O–H groups in total. The molecule has 0 aromatic carbocycles. The summed E-state index contributed by atoms with van der Waals surface area (Å²) in [6.45, 7) is 3.23. The van der Waals surface area contributed by atoms with Gasteiger partial charge in [-0.1, -0.05) is 0 Å². The largest absolute Gasteiger partial charge is 0.356 e. The van der Waals surface area contributed by atoms with Crippen LogP contribution in [0.25, 0.3) is 0 Å². The first-order valence-electron chi connectivity index (χ1n) is 5.16. The van der Waals surface area contributed by atoms with Gasteiger partial charge in [-0.3, -0.25) is 4.79 Å². The van der Waals surface area contributed by atoms with Gasteiger partial charge in [-0.15, -0.1) is 11.3 Å². The third-order valence-electron chi connectivity index (χ3n) is 1.94. The Morgan fingerprint density at radius 1 is 1.60 bits per heavy atom. The van der Waals surface area contributed by atoms with Gasteiger partial charge >= 0.3 is 0 Å². The van der Waals surface area contributed by atoms with Gasteiger partial charge in [0, 0.05) is 24.8 Å². The van der Waals surface area contributed by atoms with Crippen molar-refractivity contribution in [3.63, 3.8) is 0 Å². The Morgan fingerprint density at radius 2 is 2.40 bits per heavy atom. The van der Waals surface area contributed by atoms with Crippen molar-refractivity contribution in [1.29, 1.82) is 0 Å². The molecule has 0 spiro atoms. The zero-order chi connectivity index (χ0) is 11.1. The highest BCUT2D eigenvalue weighted by atomic mass is 32.1. The van der Waals surface area contributed by atoms with Crippen molar-refractivity contribution in [2.45, 2.75) is 26.2 Å². The molecule has 0 atom stereocenters. The number of aryl methyl sites for hydroxylation is 1. The van der Waals surface area contributed by atoms with E-state index in [0.29, 0.717) is 25.9 Å². The van der Waals surface area contributed by atoms with Crippen LogP contribution < -0.4 is 11.1 Å². The van der Waals surface area contributed by atoms with Gasteiger partial charge in [0.25, 0.3) is 0 Å². The maximum absolute atomic E-state index is 11.2. The van der Waals surface area contributed by atoms with Crippen LogP contribution in [0.15, 0.2) is 5.38 Å². The molecule has 84 valence electrons. The summed E-state index contributed by atoms with van der Waals surface area (Å²) in [5, 5.41) is 5.83. The summed E-state index contributed by atoms with van der Waals surface area (Å²) in [6, 6.07) is 0. The minimum atomic E-state index is 0.0888. The highest BCUT2D eigenvalue weighted by Crippen LogP contribution is 2.11. The zero-order valence-corrected chi connectivity index (χ0v) is 9.77. The number of nitrogens with one attached hydrogen (secondary N) is 1. The lowest BCUT2D eigenvalue weighted by Crippen LogP contribution is -2.22. The first kappa shape index (κ1) is 12.1. The molecule has 1 aromatic heterocycles. The lowest BCUT2D eigenvalue weighted by molar-refractivity contribution is -0.120. The maximum atomic E-state index is 11.2. The monoisotopic (exact) mass is 227 g/mol. The fraction of sp³-hybridized carbons (Fsp3) is 0.600. The SMILES string of the molecule is CCNC(=O)CCc1csc(CCN)n1. The van der Waals surface area contributed by atoms with E-state index in [9.17, 15) is 4.79 Å². The molecule has 0 aliphatic rings. The third kappa shape index (κ3) is 4.40. The van der Waals surface area contributed by atoms with Gasteiger partial charge in [-0.05, 0) is 19.9 Å². The molecule has 15 heavy (non-hydrogen) atoms. The number of carbonyl (C=O) groups is 1. The normalized spacial score (nSPS) is 10.3. The lowest BCUT2D eigenvalue weighted by Gasteiger charge is -1.99. The van der Waals surface area contributed by atoms with Crippen molar-refractivity contribution in [3.8, 4) is 0 Å². The second-order valence-corrected chi connectivity index (χ2v) is 4.17. The minimum absolute atomic E-state index is 0.0888. The van der Waals surface area contributed by atoms with E-state index in [1.165, 1.54) is 0 Å². The van der Waals surface area contributed by atoms with Crippen LogP contribution in [0.1, 0.15) is 24.0 Å². The Hall–Kier alpha value is -0.940. The molecule has 0 fully saturated rings. The van der Waals surface area contributed by atoms with Gasteiger partial charge in [0.2, 0.25) is 5.91 Å². The molecule has 5 heteroatoms. The molecule has 0 unspecified atom stereocenters. The molecule has 0 aliphatic heterocycles. The van der Waals surface area contributed by atoms with Crippen LogP contribution in [-0.2, 0) is 17.6 Å². The van der Waals surface area contributed by atoms with E-state index in [1.807, 2.05) is 12.3 Å². The molecule has 1 heterocycles. The van der Waals surface area contributed by atoms with Gasteiger partial charge in [-0.2, -0.15) is 0 Å². The van der Waals surface area contributed by atoms with Crippen molar-refractivity contribution in [2.24, 2.45) is 5.73 Å². The van der Waals surface area contributed by atoms with Crippen molar-refractivity contribution >= 4 is 17.2 Å². The van der Waals surface area contributed by atoms with E-state index in [4.69, 9.17) is 5.73 Å². The summed E-state index contributed by atoms with van der Waals surface area (Å²) in [5.41, 5.74) is 6.43. The Kier molecular flexibility index (Phi) is 5.28. The molecular formula is C10H17N3OS. The van der Waals surface area contributed by atoms with Crippen molar-refractivity contribution in [3.05, 3.63) is 16.1 Å². The summed E-state index contributed by atoms with van der Waals surface area (Å²) >= 11 is 1.62. The maximum Gasteiger partial charge on any atom is 0.220 e. The Morgan fingerprint density at radius 3 is 3.07 bits per heavy atom.